The predicted octanol–water partition coefficient (Wildman–Crippen LogP) is 3.88. The lowest BCUT2D eigenvalue weighted by atomic mass is 9.96. The third-order valence-corrected chi connectivity index (χ3v) is 4.04. The van der Waals surface area contributed by atoms with E-state index in [9.17, 15) is 18.8 Å². The zero-order valence-corrected chi connectivity index (χ0v) is 18.3. The first-order valence-electron chi connectivity index (χ1n) is 9.85. The topological polar surface area (TPSA) is 84.9 Å². The van der Waals surface area contributed by atoms with Crippen molar-refractivity contribution in [1.29, 1.82) is 0 Å². The van der Waals surface area contributed by atoms with Gasteiger partial charge in [0, 0.05) is 12.0 Å². The highest BCUT2D eigenvalue weighted by atomic mass is 19.1. The van der Waals surface area contributed by atoms with E-state index in [0.717, 1.165) is 5.01 Å². The van der Waals surface area contributed by atoms with E-state index < -0.39 is 35.3 Å². The molecule has 0 spiro atoms. The zero-order valence-electron chi connectivity index (χ0n) is 18.3. The van der Waals surface area contributed by atoms with Gasteiger partial charge in [0.2, 0.25) is 5.91 Å². The lowest BCUT2D eigenvalue weighted by Gasteiger charge is -2.27. The van der Waals surface area contributed by atoms with Crippen molar-refractivity contribution in [2.24, 2.45) is 0 Å². The highest BCUT2D eigenvalue weighted by molar-refractivity contribution is 5.85. The molecule has 8 heteroatoms. The number of halogens is 1. The zero-order chi connectivity index (χ0) is 22.9. The fourth-order valence-electron chi connectivity index (χ4n) is 2.58. The molecule has 1 N–H and O–H groups in total. The van der Waals surface area contributed by atoms with Crippen LogP contribution in [-0.4, -0.2) is 41.7 Å². The maximum atomic E-state index is 14.9. The summed E-state index contributed by atoms with van der Waals surface area (Å²) in [6.45, 7) is 12.2. The summed E-state index contributed by atoms with van der Waals surface area (Å²) in [4.78, 5) is 36.5. The van der Waals surface area contributed by atoms with Crippen LogP contribution in [-0.2, 0) is 25.5 Å². The molecule has 166 valence electrons. The van der Waals surface area contributed by atoms with Crippen LogP contribution in [0.1, 0.15) is 58.1 Å². The van der Waals surface area contributed by atoms with Gasteiger partial charge in [-0.2, -0.15) is 0 Å². The Bertz CT molecular complexity index is 773. The Kier molecular flexibility index (Phi) is 9.49. The molecule has 1 aromatic carbocycles. The molecule has 7 nitrogen and oxygen atoms in total. The molecule has 0 aromatic heterocycles. The number of hydrazine groups is 1. The molecule has 0 aliphatic carbocycles. The van der Waals surface area contributed by atoms with Gasteiger partial charge in [0.1, 0.15) is 11.4 Å². The van der Waals surface area contributed by atoms with Crippen LogP contribution in [0.3, 0.4) is 0 Å². The van der Waals surface area contributed by atoms with Crippen molar-refractivity contribution in [3.8, 4) is 0 Å². The first-order chi connectivity index (χ1) is 14.0. The average Bonchev–Trinajstić information content (AvgIpc) is 2.65. The van der Waals surface area contributed by atoms with E-state index in [4.69, 9.17) is 9.47 Å². The monoisotopic (exact) mass is 422 g/mol. The number of carbonyl (C=O) groups excluding carboxylic acids is 3. The Balaban J connectivity index is 2.92. The molecule has 0 bridgehead atoms. The van der Waals surface area contributed by atoms with E-state index >= 15 is 0 Å². The van der Waals surface area contributed by atoms with Gasteiger partial charge in [-0.05, 0) is 46.6 Å². The molecular weight excluding hydrogens is 391 g/mol. The van der Waals surface area contributed by atoms with E-state index in [1.807, 2.05) is 0 Å². The molecule has 0 fully saturated rings. The van der Waals surface area contributed by atoms with Crippen LogP contribution in [0.2, 0.25) is 0 Å². The Morgan fingerprint density at radius 3 is 2.53 bits per heavy atom. The summed E-state index contributed by atoms with van der Waals surface area (Å²) in [5, 5.41) is 0.986. The number of benzene rings is 1. The quantitative estimate of drug-likeness (QED) is 0.390. The van der Waals surface area contributed by atoms with Gasteiger partial charge in [-0.25, -0.2) is 14.2 Å². The van der Waals surface area contributed by atoms with Crippen LogP contribution in [0, 0.1) is 5.82 Å². The summed E-state index contributed by atoms with van der Waals surface area (Å²) in [7, 11) is 0. The van der Waals surface area contributed by atoms with Crippen molar-refractivity contribution in [3.05, 3.63) is 47.8 Å². The third kappa shape index (κ3) is 7.85. The second kappa shape index (κ2) is 11.3. The van der Waals surface area contributed by atoms with Gasteiger partial charge in [-0.3, -0.25) is 15.0 Å². The van der Waals surface area contributed by atoms with Crippen LogP contribution >= 0.6 is 0 Å². The number of carbonyl (C=O) groups is 3. The van der Waals surface area contributed by atoms with Crippen molar-refractivity contribution in [3.63, 3.8) is 0 Å². The van der Waals surface area contributed by atoms with E-state index in [1.165, 1.54) is 19.1 Å². The minimum atomic E-state index is -0.887. The molecule has 0 aliphatic heterocycles. The minimum absolute atomic E-state index is 0.0232. The lowest BCUT2D eigenvalue weighted by Crippen LogP contribution is -2.49. The molecule has 0 aliphatic rings. The second-order valence-electron chi connectivity index (χ2n) is 7.70. The Labute approximate surface area is 177 Å². The summed E-state index contributed by atoms with van der Waals surface area (Å²) in [5.74, 6) is -2.44. The molecule has 0 radical (unpaired) electrons. The molecule has 0 heterocycles. The molecule has 2 amide bonds. The van der Waals surface area contributed by atoms with Gasteiger partial charge in [-0.15, -0.1) is 6.58 Å². The van der Waals surface area contributed by atoms with E-state index in [0.29, 0.717) is 5.56 Å². The van der Waals surface area contributed by atoms with Gasteiger partial charge in [0.05, 0.1) is 19.1 Å². The van der Waals surface area contributed by atoms with Gasteiger partial charge >= 0.3 is 12.1 Å². The average molecular weight is 422 g/mol. The summed E-state index contributed by atoms with van der Waals surface area (Å²) < 4.78 is 25.1. The Hall–Kier alpha value is -2.90. The molecule has 30 heavy (non-hydrogen) atoms. The van der Waals surface area contributed by atoms with Crippen LogP contribution in [0.15, 0.2) is 30.9 Å². The number of amides is 2. The highest BCUT2D eigenvalue weighted by Gasteiger charge is 2.26. The fraction of sp³-hybridized carbons (Fsp3) is 0.500. The molecule has 1 aromatic rings. The lowest BCUT2D eigenvalue weighted by molar-refractivity contribution is -0.143. The third-order valence-electron chi connectivity index (χ3n) is 4.04. The summed E-state index contributed by atoms with van der Waals surface area (Å²) in [5.41, 5.74) is 2.19. The van der Waals surface area contributed by atoms with Crippen molar-refractivity contribution in [1.82, 2.24) is 10.4 Å². The molecule has 1 atom stereocenters. The van der Waals surface area contributed by atoms with Gasteiger partial charge in [0.15, 0.2) is 0 Å². The normalized spacial score (nSPS) is 11.9. The number of nitrogens with one attached hydrogen (secondary N) is 1. The Morgan fingerprint density at radius 1 is 1.30 bits per heavy atom. The van der Waals surface area contributed by atoms with Crippen molar-refractivity contribution < 1.29 is 28.2 Å². The number of hydrogen-bond donors (Lipinski definition) is 1. The van der Waals surface area contributed by atoms with Crippen LogP contribution in [0.25, 0.3) is 0 Å². The SMILES string of the molecule is C=CCN(NC(=O)C(C)c1cccc(CCC(=O)OCC)c1F)C(=O)OC(C)(C)C. The van der Waals surface area contributed by atoms with Gasteiger partial charge in [0.25, 0.3) is 0 Å². The van der Waals surface area contributed by atoms with Crippen LogP contribution in [0.5, 0.6) is 0 Å². The molecule has 0 saturated heterocycles. The molecule has 0 saturated carbocycles. The smallest absolute Gasteiger partial charge is 0.429 e. The predicted molar refractivity (Wildman–Crippen MR) is 111 cm³/mol. The molecule has 1 unspecified atom stereocenters. The summed E-state index contributed by atoms with van der Waals surface area (Å²) >= 11 is 0. The molecular formula is C22H31FN2O5. The highest BCUT2D eigenvalue weighted by Crippen LogP contribution is 2.23. The number of nitrogens with zero attached hydrogens (tertiary/aromatic N) is 1. The van der Waals surface area contributed by atoms with E-state index in [-0.39, 0.29) is 31.6 Å². The number of hydrogen-bond acceptors (Lipinski definition) is 5. The summed E-state index contributed by atoms with van der Waals surface area (Å²) in [6.07, 6.45) is 0.894. The minimum Gasteiger partial charge on any atom is -0.466 e. The van der Waals surface area contributed by atoms with Crippen LogP contribution in [0.4, 0.5) is 9.18 Å². The van der Waals surface area contributed by atoms with Crippen LogP contribution < -0.4 is 5.43 Å². The van der Waals surface area contributed by atoms with Crippen molar-refractivity contribution >= 4 is 18.0 Å². The fourth-order valence-corrected chi connectivity index (χ4v) is 2.58. The van der Waals surface area contributed by atoms with Crippen molar-refractivity contribution in [2.75, 3.05) is 13.2 Å². The largest absolute Gasteiger partial charge is 0.466 e. The first-order valence-corrected chi connectivity index (χ1v) is 9.85. The van der Waals surface area contributed by atoms with Gasteiger partial charge < -0.3 is 9.47 Å². The van der Waals surface area contributed by atoms with E-state index in [1.54, 1.807) is 39.8 Å². The van der Waals surface area contributed by atoms with E-state index in [2.05, 4.69) is 12.0 Å². The van der Waals surface area contributed by atoms with Crippen molar-refractivity contribution in [2.45, 2.75) is 59.0 Å². The number of rotatable bonds is 8. The Morgan fingerprint density at radius 2 is 1.97 bits per heavy atom. The maximum absolute atomic E-state index is 14.9. The first kappa shape index (κ1) is 25.1. The number of ether oxygens (including phenoxy) is 2. The number of esters is 1. The second-order valence-corrected chi connectivity index (χ2v) is 7.70. The standard InChI is InChI=1S/C22H31FN2O5/c1-7-14-25(21(28)30-22(4,5)6)24-20(27)15(3)17-11-9-10-16(19(17)23)12-13-18(26)29-8-2/h7,9-11,15H,1,8,12-14H2,2-6H3,(H,24,27). The summed E-state index contributed by atoms with van der Waals surface area (Å²) in [6, 6.07) is 4.68. The molecule has 1 rings (SSSR count). The number of aryl methyl sites for hydroxylation is 1. The van der Waals surface area contributed by atoms with Gasteiger partial charge in [-0.1, -0.05) is 24.3 Å². The maximum Gasteiger partial charge on any atom is 0.429 e.